The Morgan fingerprint density at radius 3 is 3.23 bits per heavy atom. The zero-order valence-electron chi connectivity index (χ0n) is 7.07. The van der Waals surface area contributed by atoms with Gasteiger partial charge in [-0.2, -0.15) is 0 Å². The van der Waals surface area contributed by atoms with Gasteiger partial charge in [0.2, 0.25) is 0 Å². The van der Waals surface area contributed by atoms with E-state index in [2.05, 4.69) is 27.0 Å². The predicted molar refractivity (Wildman–Crippen MR) is 50.9 cm³/mol. The number of rotatable bonds is 0. The summed E-state index contributed by atoms with van der Waals surface area (Å²) in [6.07, 6.45) is 3.83. The van der Waals surface area contributed by atoms with Gasteiger partial charge in [-0.1, -0.05) is 12.1 Å². The lowest BCUT2D eigenvalue weighted by Gasteiger charge is -2.19. The molecule has 3 rings (SSSR count). The molecule has 2 heterocycles. The van der Waals surface area contributed by atoms with E-state index in [0.29, 0.717) is 0 Å². The molecule has 0 amide bonds. The average molecular weight is 171 g/mol. The number of nitrogens with one attached hydrogen (secondary N) is 1. The first-order valence-electron chi connectivity index (χ1n) is 4.31. The number of aromatic nitrogens is 2. The fraction of sp³-hybridized carbons (Fsp3) is 0.100. The second kappa shape index (κ2) is 2.36. The third kappa shape index (κ3) is 0.869. The lowest BCUT2D eigenvalue weighted by atomic mass is 10.2. The Kier molecular flexibility index (Phi) is 1.22. The smallest absolute Gasteiger partial charge is 0.132 e. The van der Waals surface area contributed by atoms with Crippen molar-refractivity contribution in [2.45, 2.75) is 6.54 Å². The number of imidazole rings is 1. The molecular formula is C10H9N3. The summed E-state index contributed by atoms with van der Waals surface area (Å²) in [6.45, 7) is 0.810. The summed E-state index contributed by atoms with van der Waals surface area (Å²) in [6, 6.07) is 8.24. The first kappa shape index (κ1) is 6.71. The van der Waals surface area contributed by atoms with Crippen molar-refractivity contribution in [1.82, 2.24) is 9.55 Å². The van der Waals surface area contributed by atoms with E-state index in [1.54, 1.807) is 0 Å². The SMILES string of the molecule is c1ccc2c(c1)NCc1nccn1-2. The average Bonchev–Trinajstić information content (AvgIpc) is 2.65. The van der Waals surface area contributed by atoms with Crippen LogP contribution in [-0.2, 0) is 6.54 Å². The molecule has 0 spiro atoms. The van der Waals surface area contributed by atoms with Crippen molar-refractivity contribution in [2.75, 3.05) is 5.32 Å². The van der Waals surface area contributed by atoms with Crippen molar-refractivity contribution in [2.24, 2.45) is 0 Å². The van der Waals surface area contributed by atoms with Crippen molar-refractivity contribution < 1.29 is 0 Å². The summed E-state index contributed by atoms with van der Waals surface area (Å²) in [4.78, 5) is 4.26. The van der Waals surface area contributed by atoms with Gasteiger partial charge >= 0.3 is 0 Å². The molecule has 13 heavy (non-hydrogen) atoms. The maximum absolute atomic E-state index is 4.26. The molecule has 0 unspecified atom stereocenters. The number of fused-ring (bicyclic) bond motifs is 3. The van der Waals surface area contributed by atoms with E-state index in [1.165, 1.54) is 11.4 Å². The summed E-state index contributed by atoms with van der Waals surface area (Å²) in [5.74, 6) is 1.07. The molecule has 0 fully saturated rings. The van der Waals surface area contributed by atoms with E-state index >= 15 is 0 Å². The van der Waals surface area contributed by atoms with Crippen LogP contribution in [0.15, 0.2) is 36.7 Å². The highest BCUT2D eigenvalue weighted by molar-refractivity contribution is 5.63. The molecule has 0 saturated carbocycles. The standard InChI is InChI=1S/C10H9N3/c1-2-4-9-8(3-1)12-7-10-11-5-6-13(9)10/h1-6,12H,7H2. The van der Waals surface area contributed by atoms with Crippen LogP contribution < -0.4 is 5.32 Å². The molecule has 1 aliphatic rings. The Bertz CT molecular complexity index is 445. The number of benzene rings is 1. The maximum atomic E-state index is 4.26. The summed E-state index contributed by atoms with van der Waals surface area (Å²) < 4.78 is 2.12. The zero-order chi connectivity index (χ0) is 8.67. The van der Waals surface area contributed by atoms with Gasteiger partial charge in [0.25, 0.3) is 0 Å². The Labute approximate surface area is 76.0 Å². The van der Waals surface area contributed by atoms with E-state index in [0.717, 1.165) is 12.4 Å². The normalized spacial score (nSPS) is 12.9. The van der Waals surface area contributed by atoms with Crippen molar-refractivity contribution in [3.05, 3.63) is 42.5 Å². The van der Waals surface area contributed by atoms with E-state index in [4.69, 9.17) is 0 Å². The van der Waals surface area contributed by atoms with Crippen molar-refractivity contribution in [1.29, 1.82) is 0 Å². The minimum Gasteiger partial charge on any atom is -0.376 e. The molecule has 64 valence electrons. The lowest BCUT2D eigenvalue weighted by Crippen LogP contribution is -2.14. The Morgan fingerprint density at radius 2 is 2.23 bits per heavy atom. The highest BCUT2D eigenvalue weighted by Gasteiger charge is 2.13. The summed E-state index contributed by atoms with van der Waals surface area (Å²) in [7, 11) is 0. The van der Waals surface area contributed by atoms with E-state index in [9.17, 15) is 0 Å². The molecule has 0 bridgehead atoms. The number of hydrogen-bond acceptors (Lipinski definition) is 2. The van der Waals surface area contributed by atoms with Crippen LogP contribution in [0.5, 0.6) is 0 Å². The molecule has 0 aliphatic carbocycles. The molecule has 3 nitrogen and oxygen atoms in total. The summed E-state index contributed by atoms with van der Waals surface area (Å²) in [5, 5.41) is 3.32. The van der Waals surface area contributed by atoms with Crippen molar-refractivity contribution >= 4 is 5.69 Å². The topological polar surface area (TPSA) is 29.9 Å². The first-order chi connectivity index (χ1) is 6.45. The van der Waals surface area contributed by atoms with Crippen LogP contribution >= 0.6 is 0 Å². The monoisotopic (exact) mass is 171 g/mol. The predicted octanol–water partition coefficient (Wildman–Crippen LogP) is 1.80. The summed E-state index contributed by atoms with van der Waals surface area (Å²) in [5.41, 5.74) is 2.36. The second-order valence-corrected chi connectivity index (χ2v) is 3.08. The maximum Gasteiger partial charge on any atom is 0.132 e. The fourth-order valence-corrected chi connectivity index (χ4v) is 1.69. The van der Waals surface area contributed by atoms with Gasteiger partial charge in [-0.15, -0.1) is 0 Å². The molecule has 3 heteroatoms. The fourth-order valence-electron chi connectivity index (χ4n) is 1.69. The van der Waals surface area contributed by atoms with Gasteiger partial charge in [-0.3, -0.25) is 0 Å². The van der Waals surface area contributed by atoms with Crippen LogP contribution in [0.4, 0.5) is 5.69 Å². The second-order valence-electron chi connectivity index (χ2n) is 3.08. The molecule has 1 aromatic carbocycles. The first-order valence-corrected chi connectivity index (χ1v) is 4.31. The van der Waals surface area contributed by atoms with Crippen molar-refractivity contribution in [3.8, 4) is 5.69 Å². The number of anilines is 1. The van der Waals surface area contributed by atoms with Gasteiger partial charge in [-0.25, -0.2) is 4.98 Å². The largest absolute Gasteiger partial charge is 0.376 e. The van der Waals surface area contributed by atoms with E-state index in [1.807, 2.05) is 24.5 Å². The molecule has 1 aliphatic heterocycles. The van der Waals surface area contributed by atoms with Gasteiger partial charge in [0.05, 0.1) is 17.9 Å². The number of hydrogen-bond donors (Lipinski definition) is 1. The summed E-state index contributed by atoms with van der Waals surface area (Å²) >= 11 is 0. The van der Waals surface area contributed by atoms with Gasteiger partial charge in [0.1, 0.15) is 5.82 Å². The van der Waals surface area contributed by atoms with Crippen LogP contribution in [0.3, 0.4) is 0 Å². The van der Waals surface area contributed by atoms with Crippen LogP contribution in [0.25, 0.3) is 5.69 Å². The van der Waals surface area contributed by atoms with E-state index in [-0.39, 0.29) is 0 Å². The highest BCUT2D eigenvalue weighted by atomic mass is 15.1. The van der Waals surface area contributed by atoms with Crippen LogP contribution in [0.1, 0.15) is 5.82 Å². The molecule has 0 radical (unpaired) electrons. The minimum atomic E-state index is 0.810. The Morgan fingerprint density at radius 1 is 1.31 bits per heavy atom. The Hall–Kier alpha value is -1.77. The minimum absolute atomic E-state index is 0.810. The molecule has 1 N–H and O–H groups in total. The zero-order valence-corrected chi connectivity index (χ0v) is 7.07. The van der Waals surface area contributed by atoms with Crippen LogP contribution in [0, 0.1) is 0 Å². The molecule has 2 aromatic rings. The Balaban J connectivity index is 2.30. The quantitative estimate of drug-likeness (QED) is 0.655. The van der Waals surface area contributed by atoms with Crippen molar-refractivity contribution in [3.63, 3.8) is 0 Å². The molecule has 1 aromatic heterocycles. The molecule has 0 atom stereocenters. The lowest BCUT2D eigenvalue weighted by molar-refractivity contribution is 0.868. The van der Waals surface area contributed by atoms with Crippen LogP contribution in [0.2, 0.25) is 0 Å². The van der Waals surface area contributed by atoms with Gasteiger partial charge in [0.15, 0.2) is 0 Å². The van der Waals surface area contributed by atoms with Gasteiger partial charge in [0, 0.05) is 12.4 Å². The molecule has 0 saturated heterocycles. The molecular weight excluding hydrogens is 162 g/mol. The van der Waals surface area contributed by atoms with Gasteiger partial charge in [-0.05, 0) is 12.1 Å². The third-order valence-electron chi connectivity index (χ3n) is 2.32. The highest BCUT2D eigenvalue weighted by Crippen LogP contribution is 2.25. The van der Waals surface area contributed by atoms with E-state index < -0.39 is 0 Å². The number of para-hydroxylation sites is 2. The van der Waals surface area contributed by atoms with Crippen LogP contribution in [-0.4, -0.2) is 9.55 Å². The number of nitrogens with zero attached hydrogens (tertiary/aromatic N) is 2. The van der Waals surface area contributed by atoms with Gasteiger partial charge < -0.3 is 9.88 Å². The third-order valence-corrected chi connectivity index (χ3v) is 2.32.